The molecule has 9 heteroatoms. The molecule has 0 atom stereocenters. The van der Waals surface area contributed by atoms with E-state index in [1.165, 1.54) is 0 Å². The van der Waals surface area contributed by atoms with Gasteiger partial charge in [-0.15, -0.1) is 26.6 Å². The minimum absolute atomic E-state index is 0.398. The lowest BCUT2D eigenvalue weighted by Crippen LogP contribution is -2.07. The van der Waals surface area contributed by atoms with Crippen molar-refractivity contribution in [3.05, 3.63) is 27.5 Å². The number of aromatic nitrogens is 5. The van der Waals surface area contributed by atoms with Crippen molar-refractivity contribution < 1.29 is 4.42 Å². The smallest absolute Gasteiger partial charge is 0.257 e. The van der Waals surface area contributed by atoms with Gasteiger partial charge in [0.15, 0.2) is 5.82 Å². The maximum Gasteiger partial charge on any atom is 0.257 e. The van der Waals surface area contributed by atoms with Crippen LogP contribution in [-0.2, 0) is 6.54 Å². The van der Waals surface area contributed by atoms with Gasteiger partial charge in [0.05, 0.1) is 14.4 Å². The minimum Gasteiger partial charge on any atom is -0.418 e. The first-order chi connectivity index (χ1) is 10.2. The Hall–Kier alpha value is -1.74. The highest BCUT2D eigenvalue weighted by molar-refractivity contribution is 9.11. The second-order valence-electron chi connectivity index (χ2n) is 4.90. The van der Waals surface area contributed by atoms with Crippen molar-refractivity contribution in [1.29, 1.82) is 0 Å². The number of hydrogen-bond acceptors (Lipinski definition) is 7. The largest absolute Gasteiger partial charge is 0.418 e. The highest BCUT2D eigenvalue weighted by Crippen LogP contribution is 2.42. The highest BCUT2D eigenvalue weighted by Gasteiger charge is 2.31. The molecule has 1 saturated carbocycles. The van der Waals surface area contributed by atoms with E-state index in [1.807, 2.05) is 12.1 Å². The normalized spacial score (nSPS) is 14.7. The van der Waals surface area contributed by atoms with Gasteiger partial charge in [-0.25, -0.2) is 4.68 Å². The summed E-state index contributed by atoms with van der Waals surface area (Å²) in [6.45, 7) is 0.398. The van der Waals surface area contributed by atoms with Crippen LogP contribution < -0.4 is 5.73 Å². The first-order valence-electron chi connectivity index (χ1n) is 6.47. The average molecular weight is 367 g/mol. The molecule has 3 heterocycles. The Morgan fingerprint density at radius 1 is 1.33 bits per heavy atom. The lowest BCUT2D eigenvalue weighted by molar-refractivity contribution is 0.463. The van der Waals surface area contributed by atoms with Crippen molar-refractivity contribution >= 4 is 33.1 Å². The lowest BCUT2D eigenvalue weighted by Gasteiger charge is -2.01. The van der Waals surface area contributed by atoms with Gasteiger partial charge in [-0.05, 0) is 40.9 Å². The first kappa shape index (κ1) is 13.0. The van der Waals surface area contributed by atoms with E-state index >= 15 is 0 Å². The maximum absolute atomic E-state index is 5.87. The molecule has 3 aromatic heterocycles. The Kier molecular flexibility index (Phi) is 3.03. The van der Waals surface area contributed by atoms with Gasteiger partial charge in [-0.1, -0.05) is 5.21 Å². The van der Waals surface area contributed by atoms with Gasteiger partial charge in [0.1, 0.15) is 6.54 Å². The number of anilines is 1. The molecule has 1 aliphatic carbocycles. The molecule has 3 aromatic rings. The van der Waals surface area contributed by atoms with E-state index in [2.05, 4.69) is 36.4 Å². The molecule has 7 nitrogen and oxygen atoms in total. The predicted octanol–water partition coefficient (Wildman–Crippen LogP) is 2.66. The van der Waals surface area contributed by atoms with Gasteiger partial charge in [0.2, 0.25) is 5.89 Å². The number of halogens is 1. The molecular formula is C12H11BrN6OS. The van der Waals surface area contributed by atoms with Crippen LogP contribution in [0, 0.1) is 0 Å². The standard InChI is InChI=1S/C12H11BrN6OS/c13-8-4-3-7(21-8)12-17-15-9(20-12)5-19-10(6-1-2-6)11(14)16-18-19/h3-4,6H,1-2,5,14H2. The molecule has 0 bridgehead atoms. The Labute approximate surface area is 132 Å². The summed E-state index contributed by atoms with van der Waals surface area (Å²) in [5.41, 5.74) is 6.85. The summed E-state index contributed by atoms with van der Waals surface area (Å²) in [5, 5.41) is 16.2. The van der Waals surface area contributed by atoms with Crippen LogP contribution in [0.25, 0.3) is 10.8 Å². The monoisotopic (exact) mass is 366 g/mol. The fourth-order valence-electron chi connectivity index (χ4n) is 2.20. The third-order valence-corrected chi connectivity index (χ3v) is 4.91. The van der Waals surface area contributed by atoms with E-state index in [0.717, 1.165) is 27.2 Å². The fourth-order valence-corrected chi connectivity index (χ4v) is 3.51. The van der Waals surface area contributed by atoms with Crippen LogP contribution >= 0.6 is 27.3 Å². The lowest BCUT2D eigenvalue weighted by atomic mass is 10.3. The van der Waals surface area contributed by atoms with Crippen molar-refractivity contribution in [3.8, 4) is 10.8 Å². The summed E-state index contributed by atoms with van der Waals surface area (Å²) in [7, 11) is 0. The molecule has 1 aliphatic rings. The van der Waals surface area contributed by atoms with Crippen LogP contribution in [0.3, 0.4) is 0 Å². The summed E-state index contributed by atoms with van der Waals surface area (Å²) < 4.78 is 8.47. The summed E-state index contributed by atoms with van der Waals surface area (Å²) in [4.78, 5) is 0.932. The van der Waals surface area contributed by atoms with Crippen molar-refractivity contribution in [2.24, 2.45) is 0 Å². The molecular weight excluding hydrogens is 356 g/mol. The van der Waals surface area contributed by atoms with Crippen LogP contribution in [-0.4, -0.2) is 25.2 Å². The maximum atomic E-state index is 5.87. The Bertz CT molecular complexity index is 789. The van der Waals surface area contributed by atoms with Crippen molar-refractivity contribution in [2.45, 2.75) is 25.3 Å². The number of thiophene rings is 1. The van der Waals surface area contributed by atoms with E-state index in [-0.39, 0.29) is 0 Å². The van der Waals surface area contributed by atoms with Crippen LogP contribution in [0.1, 0.15) is 30.3 Å². The van der Waals surface area contributed by atoms with Crippen molar-refractivity contribution in [2.75, 3.05) is 5.73 Å². The highest BCUT2D eigenvalue weighted by atomic mass is 79.9. The van der Waals surface area contributed by atoms with E-state index in [9.17, 15) is 0 Å². The number of nitrogen functional groups attached to an aromatic ring is 1. The molecule has 0 radical (unpaired) electrons. The zero-order valence-corrected chi connectivity index (χ0v) is 13.3. The van der Waals surface area contributed by atoms with Crippen molar-refractivity contribution in [3.63, 3.8) is 0 Å². The SMILES string of the molecule is Nc1nnn(Cc2nnc(-c3ccc(Br)s3)o2)c1C1CC1. The van der Waals surface area contributed by atoms with Gasteiger partial charge >= 0.3 is 0 Å². The summed E-state index contributed by atoms with van der Waals surface area (Å²) in [6, 6.07) is 3.89. The predicted molar refractivity (Wildman–Crippen MR) is 80.8 cm³/mol. The van der Waals surface area contributed by atoms with Gasteiger partial charge in [0, 0.05) is 5.92 Å². The topological polar surface area (TPSA) is 95.7 Å². The van der Waals surface area contributed by atoms with Crippen LogP contribution in [0.15, 0.2) is 20.3 Å². The number of rotatable bonds is 4. The van der Waals surface area contributed by atoms with Gasteiger partial charge in [-0.2, -0.15) is 0 Å². The Morgan fingerprint density at radius 3 is 2.90 bits per heavy atom. The second kappa shape index (κ2) is 4.92. The minimum atomic E-state index is 0.398. The van der Waals surface area contributed by atoms with Gasteiger partial charge < -0.3 is 10.2 Å². The molecule has 4 rings (SSSR count). The molecule has 2 N–H and O–H groups in total. The summed E-state index contributed by atoms with van der Waals surface area (Å²) >= 11 is 4.97. The molecule has 0 saturated heterocycles. The molecule has 0 aromatic carbocycles. The zero-order chi connectivity index (χ0) is 14.4. The van der Waals surface area contributed by atoms with E-state index in [1.54, 1.807) is 16.0 Å². The van der Waals surface area contributed by atoms with E-state index < -0.39 is 0 Å². The third kappa shape index (κ3) is 2.46. The second-order valence-corrected chi connectivity index (χ2v) is 7.36. The molecule has 21 heavy (non-hydrogen) atoms. The molecule has 108 valence electrons. The Balaban J connectivity index is 1.59. The van der Waals surface area contributed by atoms with E-state index in [0.29, 0.717) is 30.1 Å². The summed E-state index contributed by atoms with van der Waals surface area (Å²) in [6.07, 6.45) is 2.27. The van der Waals surface area contributed by atoms with Crippen LogP contribution in [0.2, 0.25) is 0 Å². The van der Waals surface area contributed by atoms with Gasteiger partial charge in [0.25, 0.3) is 5.89 Å². The fraction of sp³-hybridized carbons (Fsp3) is 0.333. The molecule has 0 spiro atoms. The molecule has 0 aliphatic heterocycles. The summed E-state index contributed by atoms with van der Waals surface area (Å²) in [5.74, 6) is 1.98. The van der Waals surface area contributed by atoms with Crippen LogP contribution in [0.5, 0.6) is 0 Å². The van der Waals surface area contributed by atoms with E-state index in [4.69, 9.17) is 10.2 Å². The van der Waals surface area contributed by atoms with Crippen molar-refractivity contribution in [1.82, 2.24) is 25.2 Å². The molecule has 0 unspecified atom stereocenters. The number of nitrogens with two attached hydrogens (primary N) is 1. The molecule has 0 amide bonds. The molecule has 1 fully saturated rings. The quantitative estimate of drug-likeness (QED) is 0.762. The average Bonchev–Trinajstić information content (AvgIpc) is 2.85. The van der Waals surface area contributed by atoms with Crippen LogP contribution in [0.4, 0.5) is 5.82 Å². The number of nitrogens with zero attached hydrogens (tertiary/aromatic N) is 5. The number of hydrogen-bond donors (Lipinski definition) is 1. The third-order valence-electron chi connectivity index (χ3n) is 3.30. The first-order valence-corrected chi connectivity index (χ1v) is 8.08. The zero-order valence-electron chi connectivity index (χ0n) is 10.9. The Morgan fingerprint density at radius 2 is 2.19 bits per heavy atom. The van der Waals surface area contributed by atoms with Gasteiger partial charge in [-0.3, -0.25) is 0 Å².